The average molecular weight is 404 g/mol. The summed E-state index contributed by atoms with van der Waals surface area (Å²) in [6.45, 7) is 6.44. The predicted octanol–water partition coefficient (Wildman–Crippen LogP) is 5.85. The molecule has 0 saturated carbocycles. The van der Waals surface area contributed by atoms with Gasteiger partial charge in [-0.1, -0.05) is 26.0 Å². The van der Waals surface area contributed by atoms with Gasteiger partial charge >= 0.3 is 7.60 Å². The summed E-state index contributed by atoms with van der Waals surface area (Å²) in [5.74, 6) is -0.357. The molecule has 0 radical (unpaired) electrons. The highest BCUT2D eigenvalue weighted by atomic mass is 31.2. The van der Waals surface area contributed by atoms with E-state index in [2.05, 4.69) is 19.2 Å². The van der Waals surface area contributed by atoms with Gasteiger partial charge in [-0.25, -0.2) is 0 Å². The van der Waals surface area contributed by atoms with Crippen molar-refractivity contribution in [3.8, 4) is 0 Å². The van der Waals surface area contributed by atoms with Crippen LogP contribution >= 0.6 is 7.60 Å². The summed E-state index contributed by atoms with van der Waals surface area (Å²) in [6, 6.07) is 13.8. The van der Waals surface area contributed by atoms with E-state index >= 15 is 0 Å². The molecule has 8 heteroatoms. The van der Waals surface area contributed by atoms with Crippen LogP contribution in [0, 0.1) is 10.1 Å². The highest BCUT2D eigenvalue weighted by molar-refractivity contribution is 7.54. The maximum atomic E-state index is 13.5. The van der Waals surface area contributed by atoms with Crippen LogP contribution in [0.1, 0.15) is 50.0 Å². The number of nitrogens with one attached hydrogen (secondary N) is 1. The molecular weight excluding hydrogens is 379 g/mol. The van der Waals surface area contributed by atoms with Crippen LogP contribution in [0.25, 0.3) is 0 Å². The Bertz CT molecular complexity index is 867. The second-order valence-corrected chi connectivity index (χ2v) is 9.32. The number of non-ortho nitro benzene ring substituents is 1. The lowest BCUT2D eigenvalue weighted by Crippen LogP contribution is -2.23. The van der Waals surface area contributed by atoms with Crippen LogP contribution in [0.5, 0.6) is 0 Å². The van der Waals surface area contributed by atoms with Gasteiger partial charge in [-0.15, -0.1) is 0 Å². The molecule has 0 amide bonds. The van der Waals surface area contributed by atoms with Gasteiger partial charge in [0, 0.05) is 17.8 Å². The number of hydrogen-bond donors (Lipinski definition) is 1. The zero-order chi connectivity index (χ0) is 20.3. The topological polar surface area (TPSA) is 90.7 Å². The van der Waals surface area contributed by atoms with Crippen LogP contribution in [0.3, 0.4) is 0 Å². The van der Waals surface area contributed by atoms with E-state index in [9.17, 15) is 14.7 Å². The van der Waals surface area contributed by atoms with E-state index in [-0.39, 0.29) is 11.8 Å². The lowest BCUT2D eigenvalue weighted by atomic mass is 10.0. The Balaban J connectivity index is 1.94. The Morgan fingerprint density at radius 1 is 1.11 bits per heavy atom. The van der Waals surface area contributed by atoms with Crippen LogP contribution in [0.2, 0.25) is 0 Å². The fraction of sp³-hybridized carbons (Fsp3) is 0.400. The smallest absolute Gasteiger partial charge is 0.357 e. The molecular formula is C20H25N2O5P. The molecule has 1 fully saturated rings. The van der Waals surface area contributed by atoms with Crippen molar-refractivity contribution in [2.45, 2.75) is 45.0 Å². The predicted molar refractivity (Wildman–Crippen MR) is 109 cm³/mol. The first-order valence-electron chi connectivity index (χ1n) is 9.32. The average Bonchev–Trinajstić information content (AvgIpc) is 2.66. The van der Waals surface area contributed by atoms with Crippen molar-refractivity contribution in [1.29, 1.82) is 0 Å². The first-order chi connectivity index (χ1) is 13.3. The Morgan fingerprint density at radius 3 is 2.25 bits per heavy atom. The monoisotopic (exact) mass is 404 g/mol. The number of anilines is 1. The summed E-state index contributed by atoms with van der Waals surface area (Å²) in [5, 5.41) is 14.2. The molecule has 2 aromatic carbocycles. The van der Waals surface area contributed by atoms with Gasteiger partial charge < -0.3 is 14.4 Å². The minimum absolute atomic E-state index is 0.0269. The number of benzene rings is 2. The van der Waals surface area contributed by atoms with Crippen LogP contribution in [0.15, 0.2) is 48.5 Å². The van der Waals surface area contributed by atoms with Crippen LogP contribution in [-0.4, -0.2) is 17.6 Å². The SMILES string of the molecule is CC(C)c1ccc(N[C@H](c2ccc([N+](=O)[O-])cc2)[P@@]2(=O)OCC[C@H](C)O2)cc1. The first-order valence-corrected chi connectivity index (χ1v) is 10.9. The number of nitro groups is 1. The number of nitrogens with zero attached hydrogens (tertiary/aromatic N) is 1. The van der Waals surface area contributed by atoms with Gasteiger partial charge in [-0.2, -0.15) is 0 Å². The van der Waals surface area contributed by atoms with Gasteiger partial charge in [0.15, 0.2) is 5.78 Å². The Hall–Kier alpha value is -2.21. The molecule has 0 spiro atoms. The Morgan fingerprint density at radius 2 is 1.71 bits per heavy atom. The van der Waals surface area contributed by atoms with Gasteiger partial charge in [-0.3, -0.25) is 14.7 Å². The van der Waals surface area contributed by atoms with E-state index in [0.717, 1.165) is 5.69 Å². The fourth-order valence-electron chi connectivity index (χ4n) is 3.06. The molecule has 1 aliphatic heterocycles. The highest BCUT2D eigenvalue weighted by Crippen LogP contribution is 2.63. The van der Waals surface area contributed by atoms with Crippen LogP contribution in [-0.2, 0) is 13.6 Å². The summed E-state index contributed by atoms with van der Waals surface area (Å²) in [7, 11) is -3.52. The van der Waals surface area contributed by atoms with Crippen molar-refractivity contribution in [3.05, 3.63) is 69.8 Å². The zero-order valence-electron chi connectivity index (χ0n) is 16.2. The van der Waals surface area contributed by atoms with E-state index in [1.165, 1.54) is 17.7 Å². The van der Waals surface area contributed by atoms with E-state index in [0.29, 0.717) is 24.5 Å². The number of hydrogen-bond acceptors (Lipinski definition) is 6. The van der Waals surface area contributed by atoms with E-state index in [4.69, 9.17) is 9.05 Å². The highest BCUT2D eigenvalue weighted by Gasteiger charge is 2.41. The second-order valence-electron chi connectivity index (χ2n) is 7.25. The van der Waals surface area contributed by atoms with Crippen molar-refractivity contribution >= 4 is 19.0 Å². The van der Waals surface area contributed by atoms with Gasteiger partial charge in [0.1, 0.15) is 0 Å². The third kappa shape index (κ3) is 4.61. The molecule has 0 aromatic heterocycles. The molecule has 2 aromatic rings. The molecule has 1 saturated heterocycles. The quantitative estimate of drug-likeness (QED) is 0.369. The van der Waals surface area contributed by atoms with E-state index in [1.807, 2.05) is 31.2 Å². The van der Waals surface area contributed by atoms with Crippen molar-refractivity contribution < 1.29 is 18.5 Å². The van der Waals surface area contributed by atoms with Gasteiger partial charge in [0.2, 0.25) is 0 Å². The largest absolute Gasteiger partial charge is 0.368 e. The maximum absolute atomic E-state index is 13.5. The molecule has 0 unspecified atom stereocenters. The standard InChI is InChI=1S/C20H25N2O5P/c1-14(2)16-4-8-18(9-5-16)21-20(28(25)26-13-12-15(3)27-28)17-6-10-19(11-7-17)22(23)24/h4-11,14-15,20-21H,12-13H2,1-3H3/t15-,20-,28+/m0/s1. The molecule has 1 heterocycles. The molecule has 3 rings (SSSR count). The number of nitro benzene ring substituents is 1. The van der Waals surface area contributed by atoms with Crippen LogP contribution < -0.4 is 5.32 Å². The summed E-state index contributed by atoms with van der Waals surface area (Å²) >= 11 is 0. The van der Waals surface area contributed by atoms with Gasteiger partial charge in [0.05, 0.1) is 17.6 Å². The fourth-order valence-corrected chi connectivity index (χ4v) is 5.20. The molecule has 0 aliphatic carbocycles. The molecule has 150 valence electrons. The molecule has 3 atom stereocenters. The zero-order valence-corrected chi connectivity index (χ0v) is 17.1. The van der Waals surface area contributed by atoms with Crippen molar-refractivity contribution in [2.24, 2.45) is 0 Å². The molecule has 1 aliphatic rings. The summed E-state index contributed by atoms with van der Waals surface area (Å²) in [4.78, 5) is 10.5. The summed E-state index contributed by atoms with van der Waals surface area (Å²) in [5.41, 5.74) is 2.55. The van der Waals surface area contributed by atoms with Gasteiger partial charge in [0.25, 0.3) is 5.69 Å². The minimum atomic E-state index is -3.52. The molecule has 7 nitrogen and oxygen atoms in total. The summed E-state index contributed by atoms with van der Waals surface area (Å²) in [6.07, 6.45) is 0.477. The normalized spacial score (nSPS) is 23.4. The molecule has 1 N–H and O–H groups in total. The first kappa shape index (κ1) is 20.5. The summed E-state index contributed by atoms with van der Waals surface area (Å²) < 4.78 is 24.8. The van der Waals surface area contributed by atoms with E-state index in [1.54, 1.807) is 12.1 Å². The lowest BCUT2D eigenvalue weighted by Gasteiger charge is -2.34. The molecule has 0 bridgehead atoms. The molecule has 28 heavy (non-hydrogen) atoms. The van der Waals surface area contributed by atoms with Crippen molar-refractivity contribution in [3.63, 3.8) is 0 Å². The third-order valence-corrected chi connectivity index (χ3v) is 6.99. The van der Waals surface area contributed by atoms with Gasteiger partial charge in [-0.05, 0) is 54.7 Å². The van der Waals surface area contributed by atoms with Crippen molar-refractivity contribution in [1.82, 2.24) is 0 Å². The second kappa shape index (κ2) is 8.43. The minimum Gasteiger partial charge on any atom is -0.368 e. The lowest BCUT2D eigenvalue weighted by molar-refractivity contribution is -0.384. The Kier molecular flexibility index (Phi) is 6.18. The third-order valence-electron chi connectivity index (χ3n) is 4.74. The Labute approximate surface area is 164 Å². The van der Waals surface area contributed by atoms with Crippen molar-refractivity contribution in [2.75, 3.05) is 11.9 Å². The maximum Gasteiger partial charge on any atom is 0.357 e. The van der Waals surface area contributed by atoms with Crippen LogP contribution in [0.4, 0.5) is 11.4 Å². The number of rotatable bonds is 6. The van der Waals surface area contributed by atoms with E-state index < -0.39 is 18.3 Å².